The fourth-order valence-corrected chi connectivity index (χ4v) is 2.33. The molecule has 0 aromatic heterocycles. The highest BCUT2D eigenvalue weighted by molar-refractivity contribution is 7.20. The molecule has 0 rings (SSSR count). The molecule has 0 aromatic rings. The van der Waals surface area contributed by atoms with Crippen LogP contribution in [0.2, 0.25) is 0 Å². The van der Waals surface area contributed by atoms with Gasteiger partial charge in [-0.3, -0.25) is 0 Å². The van der Waals surface area contributed by atoms with Crippen LogP contribution >= 0.6 is 9.24 Å². The molecule has 0 aliphatic rings. The zero-order valence-corrected chi connectivity index (χ0v) is 12.7. The monoisotopic (exact) mass is 254 g/mol. The third-order valence-corrected chi connectivity index (χ3v) is 3.54. The maximum atomic E-state index is 4.05. The van der Waals surface area contributed by atoms with E-state index in [1.54, 1.807) is 0 Å². The van der Waals surface area contributed by atoms with Crippen molar-refractivity contribution < 1.29 is 0 Å². The maximum absolute atomic E-state index is 4.05. The van der Waals surface area contributed by atoms with Gasteiger partial charge in [0.2, 0.25) is 0 Å². The first-order chi connectivity index (χ1) is 8.41. The molecule has 100 valence electrons. The van der Waals surface area contributed by atoms with Crippen molar-refractivity contribution in [2.75, 3.05) is 0 Å². The summed E-state index contributed by atoms with van der Waals surface area (Å²) in [4.78, 5) is 0. The minimum absolute atomic E-state index is 1.21. The van der Waals surface area contributed by atoms with Gasteiger partial charge in [-0.1, -0.05) is 89.4 Å². The van der Waals surface area contributed by atoms with E-state index in [-0.39, 0.29) is 0 Å². The molecule has 0 amide bonds. The Bertz CT molecular complexity index is 152. The van der Waals surface area contributed by atoms with Gasteiger partial charge in [0.25, 0.3) is 0 Å². The van der Waals surface area contributed by atoms with Crippen LogP contribution < -0.4 is 0 Å². The van der Waals surface area contributed by atoms with Crippen LogP contribution in [0.1, 0.15) is 90.4 Å². The van der Waals surface area contributed by atoms with E-state index in [9.17, 15) is 0 Å². The molecule has 0 aromatic carbocycles. The molecule has 0 fully saturated rings. The maximum Gasteiger partial charge on any atom is -0.0146 e. The van der Waals surface area contributed by atoms with Gasteiger partial charge in [0, 0.05) is 0 Å². The molecular formula is C16H31P. The molecular weight excluding hydrogens is 223 g/mol. The van der Waals surface area contributed by atoms with Crippen molar-refractivity contribution in [2.24, 2.45) is 0 Å². The molecule has 0 atom stereocenters. The molecule has 17 heavy (non-hydrogen) atoms. The number of hydrogen-bond donors (Lipinski definition) is 0. The van der Waals surface area contributed by atoms with Crippen LogP contribution in [0, 0.1) is 0 Å². The Kier molecular flexibility index (Phi) is 16.3. The van der Waals surface area contributed by atoms with Crippen LogP contribution in [-0.2, 0) is 0 Å². The SMILES string of the molecule is CCCCCCCCCCCCCCC=C[P]. The summed E-state index contributed by atoms with van der Waals surface area (Å²) in [6.07, 6.45) is 20.5. The van der Waals surface area contributed by atoms with E-state index >= 15 is 0 Å². The zero-order valence-electron chi connectivity index (χ0n) is 11.8. The molecule has 0 aliphatic carbocycles. The van der Waals surface area contributed by atoms with E-state index in [0.29, 0.717) is 0 Å². The second-order valence-electron chi connectivity index (χ2n) is 5.06. The van der Waals surface area contributed by atoms with Crippen LogP contribution in [0.5, 0.6) is 0 Å². The highest BCUT2D eigenvalue weighted by Crippen LogP contribution is 2.12. The van der Waals surface area contributed by atoms with Crippen molar-refractivity contribution >= 4 is 9.24 Å². The highest BCUT2D eigenvalue weighted by Gasteiger charge is 1.92. The molecule has 0 saturated carbocycles. The normalized spacial score (nSPS) is 11.4. The van der Waals surface area contributed by atoms with Gasteiger partial charge in [-0.2, -0.15) is 0 Å². The molecule has 1 heteroatoms. The lowest BCUT2D eigenvalue weighted by molar-refractivity contribution is 0.545. The summed E-state index contributed by atoms with van der Waals surface area (Å²) in [7, 11) is 4.05. The Labute approximate surface area is 112 Å². The summed E-state index contributed by atoms with van der Waals surface area (Å²) in [5.41, 5.74) is 0. The predicted octanol–water partition coefficient (Wildman–Crippen LogP) is 7.00. The van der Waals surface area contributed by atoms with E-state index in [1.165, 1.54) is 83.5 Å². The molecule has 0 bridgehead atoms. The summed E-state index contributed by atoms with van der Waals surface area (Å²) < 4.78 is 0. The average Bonchev–Trinajstić information content (AvgIpc) is 2.35. The fraction of sp³-hybridized carbons (Fsp3) is 0.875. The minimum Gasteiger partial charge on any atom is -0.0834 e. The molecule has 0 spiro atoms. The first-order valence-corrected chi connectivity index (χ1v) is 8.22. The second kappa shape index (κ2) is 16.2. The fourth-order valence-electron chi connectivity index (χ4n) is 2.18. The van der Waals surface area contributed by atoms with Crippen LogP contribution in [-0.4, -0.2) is 0 Å². The number of rotatable bonds is 13. The topological polar surface area (TPSA) is 0 Å². The summed E-state index contributed by atoms with van der Waals surface area (Å²) in [6, 6.07) is 0. The Morgan fingerprint density at radius 1 is 0.647 bits per heavy atom. The largest absolute Gasteiger partial charge is 0.0834 e. The minimum atomic E-state index is 1.21. The highest BCUT2D eigenvalue weighted by atomic mass is 31.0. The summed E-state index contributed by atoms with van der Waals surface area (Å²) in [6.45, 7) is 2.28. The van der Waals surface area contributed by atoms with E-state index in [0.717, 1.165) is 0 Å². The van der Waals surface area contributed by atoms with Crippen molar-refractivity contribution in [3.05, 3.63) is 11.9 Å². The molecule has 0 aliphatic heterocycles. The van der Waals surface area contributed by atoms with Crippen LogP contribution in [0.15, 0.2) is 11.9 Å². The van der Waals surface area contributed by atoms with Gasteiger partial charge in [0.05, 0.1) is 0 Å². The third kappa shape index (κ3) is 16.2. The zero-order chi connectivity index (χ0) is 12.6. The molecule has 0 unspecified atom stereocenters. The second-order valence-corrected chi connectivity index (χ2v) is 5.36. The molecule has 0 nitrogen and oxygen atoms in total. The van der Waals surface area contributed by atoms with Gasteiger partial charge in [0.1, 0.15) is 0 Å². The van der Waals surface area contributed by atoms with E-state index in [4.69, 9.17) is 0 Å². The van der Waals surface area contributed by atoms with Crippen LogP contribution in [0.4, 0.5) is 0 Å². The molecule has 0 saturated heterocycles. The van der Waals surface area contributed by atoms with Gasteiger partial charge in [-0.15, -0.1) is 0 Å². The lowest BCUT2D eigenvalue weighted by Crippen LogP contribution is -1.82. The third-order valence-electron chi connectivity index (χ3n) is 3.33. The molecule has 0 N–H and O–H groups in total. The summed E-state index contributed by atoms with van der Waals surface area (Å²) in [5, 5.41) is 0. The van der Waals surface area contributed by atoms with Crippen LogP contribution in [0.25, 0.3) is 0 Å². The van der Waals surface area contributed by atoms with Gasteiger partial charge in [0.15, 0.2) is 0 Å². The van der Waals surface area contributed by atoms with Crippen LogP contribution in [0.3, 0.4) is 0 Å². The van der Waals surface area contributed by atoms with Gasteiger partial charge in [-0.25, -0.2) is 0 Å². The number of allylic oxidation sites excluding steroid dienone is 1. The lowest BCUT2D eigenvalue weighted by atomic mass is 10.0. The van der Waals surface area contributed by atoms with Crippen molar-refractivity contribution in [2.45, 2.75) is 90.4 Å². The number of unbranched alkanes of at least 4 members (excludes halogenated alkanes) is 12. The van der Waals surface area contributed by atoms with E-state index in [1.807, 2.05) is 5.82 Å². The van der Waals surface area contributed by atoms with Crippen molar-refractivity contribution in [3.8, 4) is 0 Å². The quantitative estimate of drug-likeness (QED) is 0.245. The van der Waals surface area contributed by atoms with Crippen molar-refractivity contribution in [1.29, 1.82) is 0 Å². The Hall–Kier alpha value is 0.170. The Balaban J connectivity index is 2.89. The summed E-state index contributed by atoms with van der Waals surface area (Å²) in [5.74, 6) is 1.86. The predicted molar refractivity (Wildman–Crippen MR) is 81.8 cm³/mol. The lowest BCUT2D eigenvalue weighted by Gasteiger charge is -2.02. The first kappa shape index (κ1) is 17.2. The average molecular weight is 254 g/mol. The number of hydrogen-bond acceptors (Lipinski definition) is 0. The van der Waals surface area contributed by atoms with E-state index < -0.39 is 0 Å². The Morgan fingerprint density at radius 3 is 1.47 bits per heavy atom. The van der Waals surface area contributed by atoms with Gasteiger partial charge in [-0.05, 0) is 22.1 Å². The summed E-state index contributed by atoms with van der Waals surface area (Å²) >= 11 is 0. The molecule has 0 heterocycles. The first-order valence-electron chi connectivity index (χ1n) is 7.71. The molecule has 2 radical (unpaired) electrons. The van der Waals surface area contributed by atoms with Gasteiger partial charge < -0.3 is 0 Å². The van der Waals surface area contributed by atoms with E-state index in [2.05, 4.69) is 22.2 Å². The van der Waals surface area contributed by atoms with Gasteiger partial charge >= 0.3 is 0 Å². The van der Waals surface area contributed by atoms with Crippen molar-refractivity contribution in [3.63, 3.8) is 0 Å². The standard InChI is InChI=1S/C16H31P/c1-2-3-4-5-6-7-8-9-10-11-12-13-14-15-16-17/h15-16H,2-14H2,1H3. The smallest absolute Gasteiger partial charge is 0.0146 e. The Morgan fingerprint density at radius 2 is 1.06 bits per heavy atom. The van der Waals surface area contributed by atoms with Crippen molar-refractivity contribution in [1.82, 2.24) is 0 Å².